The molecule has 5 atom stereocenters. The van der Waals surface area contributed by atoms with Crippen molar-refractivity contribution >= 4 is 17.9 Å². The molecule has 182 valence electrons. The Hall–Kier alpha value is -3.59. The van der Waals surface area contributed by atoms with Gasteiger partial charge in [0.05, 0.1) is 12.7 Å². The molecular formula is C25H28O9. The smallest absolute Gasteiger partial charge is 0.339 e. The van der Waals surface area contributed by atoms with Gasteiger partial charge in [-0.15, -0.1) is 0 Å². The molecule has 0 spiro atoms. The first-order chi connectivity index (χ1) is 16.2. The molecule has 1 fully saturated rings. The first-order valence-corrected chi connectivity index (χ1v) is 10.8. The summed E-state index contributed by atoms with van der Waals surface area (Å²) in [6.45, 7) is 4.96. The summed E-state index contributed by atoms with van der Waals surface area (Å²) >= 11 is 0. The van der Waals surface area contributed by atoms with Crippen molar-refractivity contribution in [2.24, 2.45) is 11.8 Å². The molecular weight excluding hydrogens is 444 g/mol. The number of phenols is 1. The molecule has 0 aromatic heterocycles. The number of rotatable bonds is 7. The van der Waals surface area contributed by atoms with Gasteiger partial charge in [-0.25, -0.2) is 9.59 Å². The molecule has 0 radical (unpaired) electrons. The highest BCUT2D eigenvalue weighted by molar-refractivity contribution is 5.90. The second kappa shape index (κ2) is 11.0. The van der Waals surface area contributed by atoms with Crippen LogP contribution in [0.15, 0.2) is 48.5 Å². The Morgan fingerprint density at radius 3 is 2.35 bits per heavy atom. The number of ether oxygens (including phenoxy) is 5. The second-order valence-corrected chi connectivity index (χ2v) is 8.10. The van der Waals surface area contributed by atoms with E-state index >= 15 is 0 Å². The van der Waals surface area contributed by atoms with E-state index in [0.29, 0.717) is 0 Å². The van der Waals surface area contributed by atoms with Crippen LogP contribution in [0.2, 0.25) is 0 Å². The van der Waals surface area contributed by atoms with E-state index in [1.54, 1.807) is 6.92 Å². The minimum atomic E-state index is -1.19. The molecule has 1 N–H and O–H groups in total. The maximum absolute atomic E-state index is 12.4. The van der Waals surface area contributed by atoms with Crippen LogP contribution in [0.5, 0.6) is 11.5 Å². The van der Waals surface area contributed by atoms with E-state index in [-0.39, 0.29) is 35.5 Å². The van der Waals surface area contributed by atoms with Crippen LogP contribution >= 0.6 is 0 Å². The Balaban J connectivity index is 1.71. The van der Waals surface area contributed by atoms with Gasteiger partial charge in [0.15, 0.2) is 17.6 Å². The standard InChI is InChI=1S/C25H28O9/c1-14-15(2)25(34-22(24(29)30-4)21(14)32-16(3)26)33-20-11-10-18(12-19(20)27)23(28)31-13-17-8-6-5-7-9-17/h5-12,14-15,21-22,25,27H,13H2,1-4H3/t14-,15-,21+,22+,25-/m1/s1. The maximum atomic E-state index is 12.4. The minimum absolute atomic E-state index is 0.0539. The quantitative estimate of drug-likeness (QED) is 0.479. The summed E-state index contributed by atoms with van der Waals surface area (Å²) < 4.78 is 27.0. The molecule has 1 heterocycles. The fraction of sp³-hybridized carbons (Fsp3) is 0.400. The van der Waals surface area contributed by atoms with E-state index in [4.69, 9.17) is 23.7 Å². The third-order valence-corrected chi connectivity index (χ3v) is 5.74. The Morgan fingerprint density at radius 2 is 1.74 bits per heavy atom. The lowest BCUT2D eigenvalue weighted by Crippen LogP contribution is -2.55. The summed E-state index contributed by atoms with van der Waals surface area (Å²) in [4.78, 5) is 36.1. The van der Waals surface area contributed by atoms with Crippen LogP contribution in [-0.4, -0.2) is 48.6 Å². The molecule has 0 bridgehead atoms. The summed E-state index contributed by atoms with van der Waals surface area (Å²) in [5.74, 6) is -2.74. The van der Waals surface area contributed by atoms with Crippen molar-refractivity contribution in [3.63, 3.8) is 0 Å². The molecule has 9 nitrogen and oxygen atoms in total. The van der Waals surface area contributed by atoms with Crippen LogP contribution in [0.25, 0.3) is 0 Å². The molecule has 1 aliphatic heterocycles. The third kappa shape index (κ3) is 5.85. The highest BCUT2D eigenvalue weighted by Crippen LogP contribution is 2.37. The largest absolute Gasteiger partial charge is 0.504 e. The third-order valence-electron chi connectivity index (χ3n) is 5.74. The summed E-state index contributed by atoms with van der Waals surface area (Å²) in [6, 6.07) is 13.3. The molecule has 0 unspecified atom stereocenters. The molecule has 34 heavy (non-hydrogen) atoms. The summed E-state index contributed by atoms with van der Waals surface area (Å²) in [6.07, 6.45) is -3.00. The molecule has 0 amide bonds. The van der Waals surface area contributed by atoms with Crippen molar-refractivity contribution in [2.75, 3.05) is 7.11 Å². The van der Waals surface area contributed by atoms with Crippen molar-refractivity contribution in [3.8, 4) is 11.5 Å². The van der Waals surface area contributed by atoms with Crippen molar-refractivity contribution in [1.82, 2.24) is 0 Å². The molecule has 2 aromatic carbocycles. The lowest BCUT2D eigenvalue weighted by molar-refractivity contribution is -0.243. The maximum Gasteiger partial charge on any atom is 0.339 e. The number of hydrogen-bond acceptors (Lipinski definition) is 9. The number of hydrogen-bond donors (Lipinski definition) is 1. The lowest BCUT2D eigenvalue weighted by atomic mass is 9.84. The van der Waals surface area contributed by atoms with E-state index < -0.39 is 36.4 Å². The van der Waals surface area contributed by atoms with E-state index in [0.717, 1.165) is 5.56 Å². The fourth-order valence-electron chi connectivity index (χ4n) is 3.65. The molecule has 2 aromatic rings. The van der Waals surface area contributed by atoms with E-state index in [1.807, 2.05) is 37.3 Å². The van der Waals surface area contributed by atoms with E-state index in [9.17, 15) is 19.5 Å². The number of benzene rings is 2. The number of carbonyl (C=O) groups is 3. The summed E-state index contributed by atoms with van der Waals surface area (Å²) in [5.41, 5.74) is 0.985. The molecule has 1 aliphatic rings. The highest BCUT2D eigenvalue weighted by atomic mass is 16.7. The van der Waals surface area contributed by atoms with Crippen LogP contribution in [0.4, 0.5) is 0 Å². The van der Waals surface area contributed by atoms with Crippen LogP contribution < -0.4 is 4.74 Å². The molecule has 1 saturated heterocycles. The van der Waals surface area contributed by atoms with Crippen molar-refractivity contribution in [1.29, 1.82) is 0 Å². The van der Waals surface area contributed by atoms with Crippen molar-refractivity contribution in [3.05, 3.63) is 59.7 Å². The Labute approximate surface area is 197 Å². The van der Waals surface area contributed by atoms with E-state index in [2.05, 4.69) is 0 Å². The van der Waals surface area contributed by atoms with Gasteiger partial charge in [-0.2, -0.15) is 0 Å². The molecule has 0 aliphatic carbocycles. The minimum Gasteiger partial charge on any atom is -0.504 e. The monoisotopic (exact) mass is 472 g/mol. The van der Waals surface area contributed by atoms with Crippen LogP contribution in [0.3, 0.4) is 0 Å². The van der Waals surface area contributed by atoms with Gasteiger partial charge in [0.2, 0.25) is 6.29 Å². The SMILES string of the molecule is COC(=O)[C@H]1O[C@@H](Oc2ccc(C(=O)OCc3ccccc3)cc2O)[C@H](C)[C@@H](C)[C@@H]1OC(C)=O. The fourth-order valence-corrected chi connectivity index (χ4v) is 3.65. The lowest BCUT2D eigenvalue weighted by Gasteiger charge is -2.42. The summed E-state index contributed by atoms with van der Waals surface area (Å²) in [5, 5.41) is 10.5. The van der Waals surface area contributed by atoms with Crippen LogP contribution in [0.1, 0.15) is 36.7 Å². The van der Waals surface area contributed by atoms with Gasteiger partial charge in [-0.3, -0.25) is 4.79 Å². The predicted molar refractivity (Wildman–Crippen MR) is 119 cm³/mol. The number of aromatic hydroxyl groups is 1. The zero-order chi connectivity index (χ0) is 24.8. The topological polar surface area (TPSA) is 118 Å². The average molecular weight is 472 g/mol. The zero-order valence-corrected chi connectivity index (χ0v) is 19.4. The average Bonchev–Trinajstić information content (AvgIpc) is 2.83. The molecule has 3 rings (SSSR count). The molecule has 9 heteroatoms. The first kappa shape index (κ1) is 25.0. The number of esters is 3. The van der Waals surface area contributed by atoms with Gasteiger partial charge in [-0.05, 0) is 23.8 Å². The number of methoxy groups -OCH3 is 1. The van der Waals surface area contributed by atoms with Gasteiger partial charge < -0.3 is 28.8 Å². The Morgan fingerprint density at radius 1 is 1.03 bits per heavy atom. The van der Waals surface area contributed by atoms with Crippen LogP contribution in [-0.2, 0) is 35.1 Å². The number of carbonyl (C=O) groups excluding carboxylic acids is 3. The Bertz CT molecular complexity index is 1020. The molecule has 0 saturated carbocycles. The van der Waals surface area contributed by atoms with Gasteiger partial charge in [0.25, 0.3) is 0 Å². The van der Waals surface area contributed by atoms with Crippen molar-refractivity contribution in [2.45, 2.75) is 45.9 Å². The zero-order valence-electron chi connectivity index (χ0n) is 19.4. The van der Waals surface area contributed by atoms with Crippen molar-refractivity contribution < 1.29 is 43.2 Å². The Kier molecular flexibility index (Phi) is 8.12. The predicted octanol–water partition coefficient (Wildman–Crippen LogP) is 3.23. The van der Waals surface area contributed by atoms with Gasteiger partial charge in [-0.1, -0.05) is 44.2 Å². The second-order valence-electron chi connectivity index (χ2n) is 8.10. The highest BCUT2D eigenvalue weighted by Gasteiger charge is 2.48. The summed E-state index contributed by atoms with van der Waals surface area (Å²) in [7, 11) is 1.20. The normalized spacial score (nSPS) is 24.1. The van der Waals surface area contributed by atoms with E-state index in [1.165, 1.54) is 32.2 Å². The van der Waals surface area contributed by atoms with Crippen LogP contribution in [0, 0.1) is 11.8 Å². The van der Waals surface area contributed by atoms with Gasteiger partial charge >= 0.3 is 17.9 Å². The first-order valence-electron chi connectivity index (χ1n) is 10.8. The number of phenolic OH excluding ortho intramolecular Hbond substituents is 1. The van der Waals surface area contributed by atoms with Gasteiger partial charge in [0, 0.05) is 18.8 Å². The van der Waals surface area contributed by atoms with Gasteiger partial charge in [0.1, 0.15) is 12.7 Å².